The quantitative estimate of drug-likeness (QED) is 0.779. The fraction of sp³-hybridized carbons (Fsp3) is 0.733. The van der Waals surface area contributed by atoms with Gasteiger partial charge in [-0.2, -0.15) is 5.10 Å². The van der Waals surface area contributed by atoms with Crippen LogP contribution < -0.4 is 0 Å². The first-order chi connectivity index (χ1) is 9.16. The van der Waals surface area contributed by atoms with Crippen LogP contribution in [0.5, 0.6) is 0 Å². The molecular formula is C15H23N3O. The van der Waals surface area contributed by atoms with Crippen molar-refractivity contribution in [3.8, 4) is 0 Å². The zero-order valence-electron chi connectivity index (χ0n) is 11.9. The molecule has 3 rings (SSSR count). The molecule has 1 aliphatic heterocycles. The zero-order valence-corrected chi connectivity index (χ0v) is 11.9. The molecule has 1 saturated heterocycles. The largest absolute Gasteiger partial charge is 0.335 e. The molecule has 19 heavy (non-hydrogen) atoms. The summed E-state index contributed by atoms with van der Waals surface area (Å²) in [6.07, 6.45) is 9.87. The number of carbonyl (C=O) groups excluding carboxylic acids is 1. The summed E-state index contributed by atoms with van der Waals surface area (Å²) in [6, 6.07) is 0.454. The third-order valence-corrected chi connectivity index (χ3v) is 4.85. The molecule has 0 spiro atoms. The van der Waals surface area contributed by atoms with Gasteiger partial charge in [-0.1, -0.05) is 13.3 Å². The van der Waals surface area contributed by atoms with E-state index in [1.165, 1.54) is 25.7 Å². The van der Waals surface area contributed by atoms with Crippen molar-refractivity contribution in [2.45, 2.75) is 45.1 Å². The van der Waals surface area contributed by atoms with E-state index >= 15 is 0 Å². The van der Waals surface area contributed by atoms with E-state index < -0.39 is 0 Å². The summed E-state index contributed by atoms with van der Waals surface area (Å²) in [6.45, 7) is 3.23. The molecule has 4 nitrogen and oxygen atoms in total. The van der Waals surface area contributed by atoms with E-state index in [0.717, 1.165) is 24.4 Å². The van der Waals surface area contributed by atoms with Crippen molar-refractivity contribution in [3.63, 3.8) is 0 Å². The van der Waals surface area contributed by atoms with Crippen LogP contribution in [0.2, 0.25) is 0 Å². The van der Waals surface area contributed by atoms with Gasteiger partial charge < -0.3 is 4.90 Å². The highest BCUT2D eigenvalue weighted by molar-refractivity contribution is 5.94. The Morgan fingerprint density at radius 2 is 2.11 bits per heavy atom. The molecule has 0 aromatic carbocycles. The van der Waals surface area contributed by atoms with Gasteiger partial charge in [-0.05, 0) is 37.5 Å². The lowest BCUT2D eigenvalue weighted by Gasteiger charge is -2.47. The van der Waals surface area contributed by atoms with E-state index in [0.29, 0.717) is 12.0 Å². The second-order valence-corrected chi connectivity index (χ2v) is 6.20. The average molecular weight is 261 g/mol. The topological polar surface area (TPSA) is 38.1 Å². The van der Waals surface area contributed by atoms with Crippen LogP contribution in [-0.4, -0.2) is 33.2 Å². The molecule has 1 aromatic heterocycles. The second kappa shape index (κ2) is 4.99. The molecule has 0 bridgehead atoms. The van der Waals surface area contributed by atoms with Crippen molar-refractivity contribution in [3.05, 3.63) is 18.0 Å². The smallest absolute Gasteiger partial charge is 0.257 e. The maximum atomic E-state index is 12.7. The Morgan fingerprint density at radius 3 is 2.84 bits per heavy atom. The molecule has 2 aliphatic rings. The van der Waals surface area contributed by atoms with Crippen LogP contribution in [0.25, 0.3) is 0 Å². The first-order valence-corrected chi connectivity index (χ1v) is 7.46. The summed E-state index contributed by atoms with van der Waals surface area (Å²) in [4.78, 5) is 14.8. The lowest BCUT2D eigenvalue weighted by molar-refractivity contribution is 0.0211. The molecule has 104 valence electrons. The molecule has 0 N–H and O–H groups in total. The monoisotopic (exact) mass is 261 g/mol. The van der Waals surface area contributed by atoms with Crippen molar-refractivity contribution in [1.82, 2.24) is 14.7 Å². The number of fused-ring (bicyclic) bond motifs is 1. The minimum Gasteiger partial charge on any atom is -0.335 e. The van der Waals surface area contributed by atoms with Crippen molar-refractivity contribution in [2.24, 2.45) is 18.9 Å². The third kappa shape index (κ3) is 2.28. The van der Waals surface area contributed by atoms with Crippen molar-refractivity contribution in [2.75, 3.05) is 6.54 Å². The molecule has 1 aromatic rings. The van der Waals surface area contributed by atoms with E-state index in [4.69, 9.17) is 0 Å². The second-order valence-electron chi connectivity index (χ2n) is 6.20. The van der Waals surface area contributed by atoms with Gasteiger partial charge in [0.1, 0.15) is 0 Å². The maximum Gasteiger partial charge on any atom is 0.257 e. The molecule has 2 heterocycles. The van der Waals surface area contributed by atoms with Gasteiger partial charge in [-0.15, -0.1) is 0 Å². The number of likely N-dealkylation sites (tertiary alicyclic amines) is 1. The van der Waals surface area contributed by atoms with Crippen molar-refractivity contribution in [1.29, 1.82) is 0 Å². The zero-order chi connectivity index (χ0) is 13.4. The van der Waals surface area contributed by atoms with Crippen LogP contribution in [0, 0.1) is 11.8 Å². The number of hydrogen-bond acceptors (Lipinski definition) is 2. The number of piperidine rings is 1. The van der Waals surface area contributed by atoms with E-state index in [9.17, 15) is 4.79 Å². The Hall–Kier alpha value is -1.32. The van der Waals surface area contributed by atoms with Gasteiger partial charge in [0, 0.05) is 25.8 Å². The minimum absolute atomic E-state index is 0.177. The molecule has 0 unspecified atom stereocenters. The van der Waals surface area contributed by atoms with Gasteiger partial charge in [0.15, 0.2) is 0 Å². The Bertz CT molecular complexity index is 466. The van der Waals surface area contributed by atoms with Crippen LogP contribution >= 0.6 is 0 Å². The van der Waals surface area contributed by atoms with Crippen molar-refractivity contribution >= 4 is 5.91 Å². The van der Waals surface area contributed by atoms with Gasteiger partial charge in [-0.25, -0.2) is 0 Å². The number of aryl methyl sites for hydroxylation is 1. The lowest BCUT2D eigenvalue weighted by Crippen LogP contribution is -2.53. The highest BCUT2D eigenvalue weighted by atomic mass is 16.2. The number of carbonyl (C=O) groups is 1. The standard InChI is InChI=1S/C15H23N3O/c1-11-5-3-6-12-7-4-8-18(14(11)12)15(19)13-9-16-17(2)10-13/h9-12,14H,3-8H2,1-2H3/t11-,12+,14-/m1/s1. The fourth-order valence-corrected chi connectivity index (χ4v) is 3.99. The molecule has 4 heteroatoms. The normalized spacial score (nSPS) is 31.1. The summed E-state index contributed by atoms with van der Waals surface area (Å²) < 4.78 is 1.71. The first kappa shape index (κ1) is 12.7. The molecule has 0 radical (unpaired) electrons. The molecule has 1 amide bonds. The highest BCUT2D eigenvalue weighted by Crippen LogP contribution is 2.39. The predicted molar refractivity (Wildman–Crippen MR) is 73.8 cm³/mol. The maximum absolute atomic E-state index is 12.7. The molecule has 2 fully saturated rings. The van der Waals surface area contributed by atoms with Crippen LogP contribution in [0.15, 0.2) is 12.4 Å². The number of hydrogen-bond donors (Lipinski definition) is 0. The van der Waals surface area contributed by atoms with E-state index in [-0.39, 0.29) is 5.91 Å². The predicted octanol–water partition coefficient (Wildman–Crippen LogP) is 2.46. The highest BCUT2D eigenvalue weighted by Gasteiger charge is 2.39. The summed E-state index contributed by atoms with van der Waals surface area (Å²) in [7, 11) is 1.86. The summed E-state index contributed by atoms with van der Waals surface area (Å²) >= 11 is 0. The Balaban J connectivity index is 1.83. The number of rotatable bonds is 1. The molecule has 1 aliphatic carbocycles. The van der Waals surface area contributed by atoms with Crippen LogP contribution in [0.1, 0.15) is 49.4 Å². The number of aromatic nitrogens is 2. The first-order valence-electron chi connectivity index (χ1n) is 7.46. The SMILES string of the molecule is C[C@@H]1CCC[C@H]2CCCN(C(=O)c3cnn(C)c3)[C@@H]21. The third-order valence-electron chi connectivity index (χ3n) is 4.85. The van der Waals surface area contributed by atoms with E-state index in [1.807, 2.05) is 13.2 Å². The average Bonchev–Trinajstić information content (AvgIpc) is 2.84. The van der Waals surface area contributed by atoms with Gasteiger partial charge in [0.25, 0.3) is 5.91 Å². The Labute approximate surface area is 114 Å². The van der Waals surface area contributed by atoms with Crippen LogP contribution in [0.4, 0.5) is 0 Å². The Kier molecular flexibility index (Phi) is 3.33. The van der Waals surface area contributed by atoms with Crippen LogP contribution in [-0.2, 0) is 7.05 Å². The van der Waals surface area contributed by atoms with E-state index in [1.54, 1.807) is 10.9 Å². The lowest BCUT2D eigenvalue weighted by atomic mass is 9.73. The minimum atomic E-state index is 0.177. The van der Waals surface area contributed by atoms with Gasteiger partial charge in [0.2, 0.25) is 0 Å². The van der Waals surface area contributed by atoms with Gasteiger partial charge in [0.05, 0.1) is 11.8 Å². The van der Waals surface area contributed by atoms with Crippen molar-refractivity contribution < 1.29 is 4.79 Å². The Morgan fingerprint density at radius 1 is 1.32 bits per heavy atom. The van der Waals surface area contributed by atoms with E-state index in [2.05, 4.69) is 16.9 Å². The number of amides is 1. The summed E-state index contributed by atoms with van der Waals surface area (Å²) in [5, 5.41) is 4.12. The van der Waals surface area contributed by atoms with Gasteiger partial charge in [-0.3, -0.25) is 9.48 Å². The number of nitrogens with zero attached hydrogens (tertiary/aromatic N) is 3. The molecule has 3 atom stereocenters. The van der Waals surface area contributed by atoms with Crippen LogP contribution in [0.3, 0.4) is 0 Å². The molecule has 1 saturated carbocycles. The summed E-state index contributed by atoms with van der Waals surface area (Å²) in [5.41, 5.74) is 0.737. The van der Waals surface area contributed by atoms with Gasteiger partial charge >= 0.3 is 0 Å². The molecular weight excluding hydrogens is 238 g/mol. The fourth-order valence-electron chi connectivity index (χ4n) is 3.99. The summed E-state index contributed by atoms with van der Waals surface area (Å²) in [5.74, 6) is 1.54.